The van der Waals surface area contributed by atoms with Crippen molar-refractivity contribution in [1.29, 1.82) is 0 Å². The van der Waals surface area contributed by atoms with E-state index >= 15 is 0 Å². The zero-order chi connectivity index (χ0) is 20.9. The number of hydrogen-bond donors (Lipinski definition) is 1. The summed E-state index contributed by atoms with van der Waals surface area (Å²) >= 11 is 0. The lowest BCUT2D eigenvalue weighted by molar-refractivity contribution is -0.00134. The van der Waals surface area contributed by atoms with Gasteiger partial charge in [-0.05, 0) is 62.7 Å². The largest absolute Gasteiger partial charge is 0.497 e. The number of ether oxygens (including phenoxy) is 2. The molecular formula is C25H33NO3. The highest BCUT2D eigenvalue weighted by atomic mass is 16.5. The van der Waals surface area contributed by atoms with Gasteiger partial charge in [0.2, 0.25) is 0 Å². The second kappa shape index (κ2) is 9.47. The third-order valence-corrected chi connectivity index (χ3v) is 5.89. The van der Waals surface area contributed by atoms with E-state index in [2.05, 4.69) is 25.1 Å². The number of nitrogens with zero attached hydrogens (tertiary/aromatic N) is 1. The SMILES string of the molecule is COc1ccc(/C=C2\CCCCC(CN(C)C)C2(O)c2ccccc2OC)cc1. The Bertz CT molecular complexity index is 828. The summed E-state index contributed by atoms with van der Waals surface area (Å²) in [5.74, 6) is 1.65. The molecule has 1 fully saturated rings. The Morgan fingerprint density at radius 2 is 1.76 bits per heavy atom. The monoisotopic (exact) mass is 395 g/mol. The molecule has 1 aliphatic carbocycles. The van der Waals surface area contributed by atoms with E-state index in [-0.39, 0.29) is 5.92 Å². The first-order chi connectivity index (χ1) is 14.0. The van der Waals surface area contributed by atoms with Gasteiger partial charge < -0.3 is 19.5 Å². The van der Waals surface area contributed by atoms with Crippen LogP contribution in [0.3, 0.4) is 0 Å². The fourth-order valence-electron chi connectivity index (χ4n) is 4.47. The lowest BCUT2D eigenvalue weighted by Crippen LogP contribution is -2.41. The minimum absolute atomic E-state index is 0.0841. The molecule has 3 rings (SSSR count). The molecule has 0 aromatic heterocycles. The fraction of sp³-hybridized carbons (Fsp3) is 0.440. The lowest BCUT2D eigenvalue weighted by Gasteiger charge is -2.39. The van der Waals surface area contributed by atoms with Crippen molar-refractivity contribution < 1.29 is 14.6 Å². The van der Waals surface area contributed by atoms with Crippen molar-refractivity contribution in [3.8, 4) is 11.5 Å². The fourth-order valence-corrected chi connectivity index (χ4v) is 4.47. The summed E-state index contributed by atoms with van der Waals surface area (Å²) in [7, 11) is 7.48. The van der Waals surface area contributed by atoms with Crippen molar-refractivity contribution in [2.24, 2.45) is 5.92 Å². The second-order valence-corrected chi connectivity index (χ2v) is 8.11. The van der Waals surface area contributed by atoms with Crippen molar-refractivity contribution in [3.05, 3.63) is 65.2 Å². The molecule has 2 aromatic rings. The molecule has 2 unspecified atom stereocenters. The molecule has 1 saturated carbocycles. The number of aliphatic hydroxyl groups is 1. The summed E-state index contributed by atoms with van der Waals surface area (Å²) in [6.07, 6.45) is 6.18. The van der Waals surface area contributed by atoms with Crippen LogP contribution in [0, 0.1) is 5.92 Å². The molecule has 0 saturated heterocycles. The van der Waals surface area contributed by atoms with E-state index < -0.39 is 5.60 Å². The highest BCUT2D eigenvalue weighted by molar-refractivity contribution is 5.59. The van der Waals surface area contributed by atoms with Crippen molar-refractivity contribution in [2.75, 3.05) is 34.9 Å². The van der Waals surface area contributed by atoms with Crippen LogP contribution in [0.25, 0.3) is 6.08 Å². The summed E-state index contributed by atoms with van der Waals surface area (Å²) in [4.78, 5) is 2.17. The van der Waals surface area contributed by atoms with Crippen LogP contribution in [-0.4, -0.2) is 44.9 Å². The Morgan fingerprint density at radius 1 is 1.03 bits per heavy atom. The molecule has 1 N–H and O–H groups in total. The number of benzene rings is 2. The van der Waals surface area contributed by atoms with Crippen molar-refractivity contribution in [1.82, 2.24) is 4.90 Å². The van der Waals surface area contributed by atoms with Crippen LogP contribution in [0.1, 0.15) is 36.8 Å². The maximum Gasteiger partial charge on any atom is 0.125 e. The predicted molar refractivity (Wildman–Crippen MR) is 118 cm³/mol. The molecule has 29 heavy (non-hydrogen) atoms. The Labute approximate surface area is 174 Å². The molecule has 4 heteroatoms. The van der Waals surface area contributed by atoms with Gasteiger partial charge in [0.1, 0.15) is 17.1 Å². The quantitative estimate of drug-likeness (QED) is 0.718. The molecule has 0 spiro atoms. The van der Waals surface area contributed by atoms with Crippen LogP contribution in [0.2, 0.25) is 0 Å². The zero-order valence-electron chi connectivity index (χ0n) is 18.0. The zero-order valence-corrected chi connectivity index (χ0v) is 18.0. The number of para-hydroxylation sites is 1. The average Bonchev–Trinajstić information content (AvgIpc) is 2.88. The van der Waals surface area contributed by atoms with Crippen LogP contribution >= 0.6 is 0 Å². The van der Waals surface area contributed by atoms with E-state index in [0.717, 1.165) is 60.4 Å². The van der Waals surface area contributed by atoms with Crippen LogP contribution in [0.4, 0.5) is 0 Å². The summed E-state index contributed by atoms with van der Waals surface area (Å²) in [5.41, 5.74) is 1.90. The third-order valence-electron chi connectivity index (χ3n) is 5.89. The molecular weight excluding hydrogens is 362 g/mol. The summed E-state index contributed by atoms with van der Waals surface area (Å²) < 4.78 is 11.0. The van der Waals surface area contributed by atoms with Gasteiger partial charge in [0.15, 0.2) is 0 Å². The van der Waals surface area contributed by atoms with E-state index in [9.17, 15) is 5.11 Å². The van der Waals surface area contributed by atoms with Crippen LogP contribution in [0.5, 0.6) is 11.5 Å². The molecule has 0 aliphatic heterocycles. The van der Waals surface area contributed by atoms with E-state index in [1.54, 1.807) is 14.2 Å². The minimum Gasteiger partial charge on any atom is -0.497 e. The van der Waals surface area contributed by atoms with Crippen LogP contribution in [-0.2, 0) is 5.60 Å². The minimum atomic E-state index is -1.08. The molecule has 0 radical (unpaired) electrons. The van der Waals surface area contributed by atoms with E-state index in [1.165, 1.54) is 0 Å². The maximum absolute atomic E-state index is 12.4. The smallest absolute Gasteiger partial charge is 0.125 e. The van der Waals surface area contributed by atoms with Crippen LogP contribution in [0.15, 0.2) is 54.1 Å². The molecule has 0 amide bonds. The first kappa shape index (κ1) is 21.4. The number of rotatable bonds is 6. The van der Waals surface area contributed by atoms with Gasteiger partial charge >= 0.3 is 0 Å². The molecule has 1 aliphatic rings. The van der Waals surface area contributed by atoms with Gasteiger partial charge in [0, 0.05) is 18.0 Å². The Hall–Kier alpha value is -2.30. The van der Waals surface area contributed by atoms with Gasteiger partial charge in [-0.1, -0.05) is 42.8 Å². The van der Waals surface area contributed by atoms with Crippen molar-refractivity contribution in [2.45, 2.75) is 31.3 Å². The first-order valence-corrected chi connectivity index (χ1v) is 10.3. The molecule has 4 nitrogen and oxygen atoms in total. The van der Waals surface area contributed by atoms with E-state index in [0.29, 0.717) is 0 Å². The highest BCUT2D eigenvalue weighted by Gasteiger charge is 2.44. The van der Waals surface area contributed by atoms with Crippen molar-refractivity contribution in [3.63, 3.8) is 0 Å². The van der Waals surface area contributed by atoms with E-state index in [4.69, 9.17) is 9.47 Å². The standard InChI is InChI=1S/C25H33NO3/c1-26(2)18-21-10-6-5-9-20(17-19-13-15-22(28-3)16-14-19)25(21,27)23-11-7-8-12-24(23)29-4/h7-8,11-17,21,27H,5-6,9-10,18H2,1-4H3/b20-17+. The van der Waals surface area contributed by atoms with Gasteiger partial charge in [-0.2, -0.15) is 0 Å². The van der Waals surface area contributed by atoms with Crippen LogP contribution < -0.4 is 9.47 Å². The molecule has 0 bridgehead atoms. The topological polar surface area (TPSA) is 41.9 Å². The Balaban J connectivity index is 2.15. The second-order valence-electron chi connectivity index (χ2n) is 8.11. The molecule has 2 aromatic carbocycles. The normalized spacial score (nSPS) is 23.8. The third kappa shape index (κ3) is 4.65. The van der Waals surface area contributed by atoms with Gasteiger partial charge in [0.25, 0.3) is 0 Å². The highest BCUT2D eigenvalue weighted by Crippen LogP contribution is 2.48. The maximum atomic E-state index is 12.4. The molecule has 156 valence electrons. The molecule has 0 heterocycles. The lowest BCUT2D eigenvalue weighted by atomic mass is 9.73. The Kier molecular flexibility index (Phi) is 6.99. The van der Waals surface area contributed by atoms with Gasteiger partial charge in [-0.25, -0.2) is 0 Å². The predicted octanol–water partition coefficient (Wildman–Crippen LogP) is 4.73. The van der Waals surface area contributed by atoms with Crippen molar-refractivity contribution >= 4 is 6.08 Å². The van der Waals surface area contributed by atoms with E-state index in [1.807, 2.05) is 48.5 Å². The molecule has 2 atom stereocenters. The summed E-state index contributed by atoms with van der Waals surface area (Å²) in [6.45, 7) is 0.814. The van der Waals surface area contributed by atoms with Gasteiger partial charge in [0.05, 0.1) is 14.2 Å². The Morgan fingerprint density at radius 3 is 2.41 bits per heavy atom. The van der Waals surface area contributed by atoms with Gasteiger partial charge in [-0.3, -0.25) is 0 Å². The number of methoxy groups -OCH3 is 2. The first-order valence-electron chi connectivity index (χ1n) is 10.3. The average molecular weight is 396 g/mol. The summed E-state index contributed by atoms with van der Waals surface area (Å²) in [6, 6.07) is 15.9. The van der Waals surface area contributed by atoms with Gasteiger partial charge in [-0.15, -0.1) is 0 Å². The summed E-state index contributed by atoms with van der Waals surface area (Å²) in [5, 5.41) is 12.4. The number of hydrogen-bond acceptors (Lipinski definition) is 4.